The monoisotopic (exact) mass is 263 g/mol. The number of carboxylic acids is 1. The van der Waals surface area contributed by atoms with Crippen LogP contribution in [0.4, 0.5) is 4.39 Å². The van der Waals surface area contributed by atoms with Gasteiger partial charge in [0.25, 0.3) is 0 Å². The molecule has 0 fully saturated rings. The highest BCUT2D eigenvalue weighted by molar-refractivity contribution is 9.10. The SMILES string of the molecule is NC(C(=O)O)c1ccc(O)c(Br)c1F. The van der Waals surface area contributed by atoms with Gasteiger partial charge in [0.15, 0.2) is 0 Å². The highest BCUT2D eigenvalue weighted by Gasteiger charge is 2.21. The van der Waals surface area contributed by atoms with Gasteiger partial charge >= 0.3 is 5.97 Å². The Morgan fingerprint density at radius 2 is 2.14 bits per heavy atom. The fourth-order valence-corrected chi connectivity index (χ4v) is 1.29. The van der Waals surface area contributed by atoms with E-state index in [2.05, 4.69) is 15.9 Å². The molecule has 0 radical (unpaired) electrons. The first kappa shape index (κ1) is 10.9. The zero-order valence-corrected chi connectivity index (χ0v) is 8.45. The molecule has 1 unspecified atom stereocenters. The van der Waals surface area contributed by atoms with E-state index >= 15 is 0 Å². The molecule has 0 aliphatic rings. The Labute approximate surface area is 87.3 Å². The number of rotatable bonds is 2. The van der Waals surface area contributed by atoms with Gasteiger partial charge in [-0.1, -0.05) is 6.07 Å². The molecule has 4 nitrogen and oxygen atoms in total. The molecule has 0 bridgehead atoms. The average molecular weight is 264 g/mol. The van der Waals surface area contributed by atoms with Crippen LogP contribution in [-0.2, 0) is 4.79 Å². The number of carbonyl (C=O) groups is 1. The normalized spacial score (nSPS) is 12.5. The molecule has 0 saturated carbocycles. The van der Waals surface area contributed by atoms with Gasteiger partial charge in [0.2, 0.25) is 0 Å². The summed E-state index contributed by atoms with van der Waals surface area (Å²) < 4.78 is 13.1. The molecular formula is C8H7BrFNO3. The molecule has 1 atom stereocenters. The topological polar surface area (TPSA) is 83.6 Å². The van der Waals surface area contributed by atoms with E-state index < -0.39 is 17.8 Å². The van der Waals surface area contributed by atoms with Crippen LogP contribution in [-0.4, -0.2) is 16.2 Å². The van der Waals surface area contributed by atoms with E-state index in [0.717, 1.165) is 6.07 Å². The number of aliphatic carboxylic acids is 1. The Kier molecular flexibility index (Phi) is 3.07. The van der Waals surface area contributed by atoms with Crippen LogP contribution in [0.1, 0.15) is 11.6 Å². The van der Waals surface area contributed by atoms with Gasteiger partial charge in [-0.25, -0.2) is 4.39 Å². The van der Waals surface area contributed by atoms with E-state index in [-0.39, 0.29) is 15.8 Å². The molecule has 4 N–H and O–H groups in total. The van der Waals surface area contributed by atoms with Crippen molar-refractivity contribution in [1.82, 2.24) is 0 Å². The largest absolute Gasteiger partial charge is 0.507 e. The first-order valence-corrected chi connectivity index (χ1v) is 4.39. The van der Waals surface area contributed by atoms with Gasteiger partial charge in [0.1, 0.15) is 17.6 Å². The van der Waals surface area contributed by atoms with Crippen molar-refractivity contribution in [1.29, 1.82) is 0 Å². The Hall–Kier alpha value is -1.14. The van der Waals surface area contributed by atoms with Crippen molar-refractivity contribution in [3.63, 3.8) is 0 Å². The fourth-order valence-electron chi connectivity index (χ4n) is 0.927. The summed E-state index contributed by atoms with van der Waals surface area (Å²) in [4.78, 5) is 10.5. The molecule has 0 amide bonds. The maximum absolute atomic E-state index is 13.3. The van der Waals surface area contributed by atoms with E-state index in [1.807, 2.05) is 0 Å². The maximum atomic E-state index is 13.3. The number of halogens is 2. The second-order valence-electron chi connectivity index (χ2n) is 2.62. The van der Waals surface area contributed by atoms with Crippen molar-refractivity contribution in [2.75, 3.05) is 0 Å². The lowest BCUT2D eigenvalue weighted by Gasteiger charge is -2.09. The molecule has 1 aromatic carbocycles. The van der Waals surface area contributed by atoms with Gasteiger partial charge in [-0.05, 0) is 22.0 Å². The molecule has 1 rings (SSSR count). The van der Waals surface area contributed by atoms with Crippen LogP contribution in [0.25, 0.3) is 0 Å². The van der Waals surface area contributed by atoms with Gasteiger partial charge in [0, 0.05) is 5.56 Å². The highest BCUT2D eigenvalue weighted by atomic mass is 79.9. The van der Waals surface area contributed by atoms with Crippen LogP contribution in [0, 0.1) is 5.82 Å². The van der Waals surface area contributed by atoms with E-state index in [1.54, 1.807) is 0 Å². The van der Waals surface area contributed by atoms with Gasteiger partial charge < -0.3 is 15.9 Å². The smallest absolute Gasteiger partial charge is 0.325 e. The van der Waals surface area contributed by atoms with E-state index in [9.17, 15) is 9.18 Å². The van der Waals surface area contributed by atoms with Crippen molar-refractivity contribution >= 4 is 21.9 Å². The molecule has 76 valence electrons. The summed E-state index contributed by atoms with van der Waals surface area (Å²) in [5.74, 6) is -2.50. The first-order valence-electron chi connectivity index (χ1n) is 3.60. The fraction of sp³-hybridized carbons (Fsp3) is 0.125. The molecule has 14 heavy (non-hydrogen) atoms. The third-order valence-corrected chi connectivity index (χ3v) is 2.45. The van der Waals surface area contributed by atoms with Crippen LogP contribution >= 0.6 is 15.9 Å². The van der Waals surface area contributed by atoms with Crippen LogP contribution < -0.4 is 5.73 Å². The van der Waals surface area contributed by atoms with Crippen molar-refractivity contribution in [3.8, 4) is 5.75 Å². The second-order valence-corrected chi connectivity index (χ2v) is 3.41. The van der Waals surface area contributed by atoms with Gasteiger partial charge in [0.05, 0.1) is 4.47 Å². The summed E-state index contributed by atoms with van der Waals surface area (Å²) in [6.45, 7) is 0. The number of hydrogen-bond donors (Lipinski definition) is 3. The molecular weight excluding hydrogens is 257 g/mol. The summed E-state index contributed by atoms with van der Waals surface area (Å²) in [5.41, 5.74) is 5.04. The number of aromatic hydroxyl groups is 1. The number of benzene rings is 1. The Morgan fingerprint density at radius 3 is 2.64 bits per heavy atom. The van der Waals surface area contributed by atoms with Crippen LogP contribution in [0.5, 0.6) is 5.75 Å². The molecule has 0 aliphatic heterocycles. The Balaban J connectivity index is 3.24. The lowest BCUT2D eigenvalue weighted by Crippen LogP contribution is -2.21. The number of carboxylic acid groups (broad SMARTS) is 1. The summed E-state index contributed by atoms with van der Waals surface area (Å²) in [6.07, 6.45) is 0. The average Bonchev–Trinajstić information content (AvgIpc) is 2.13. The summed E-state index contributed by atoms with van der Waals surface area (Å²) in [5, 5.41) is 17.6. The molecule has 1 aromatic rings. The minimum absolute atomic E-state index is 0.179. The molecule has 0 aromatic heterocycles. The quantitative estimate of drug-likeness (QED) is 0.753. The summed E-state index contributed by atoms with van der Waals surface area (Å²) in [6, 6.07) is 0.867. The molecule has 0 heterocycles. The number of phenolic OH excluding ortho intramolecular Hbond substituents is 1. The van der Waals surface area contributed by atoms with Gasteiger partial charge in [-0.15, -0.1) is 0 Å². The van der Waals surface area contributed by atoms with Crippen molar-refractivity contribution in [2.24, 2.45) is 5.73 Å². The van der Waals surface area contributed by atoms with E-state index in [1.165, 1.54) is 6.07 Å². The van der Waals surface area contributed by atoms with Gasteiger partial charge in [-0.3, -0.25) is 4.79 Å². The molecule has 0 spiro atoms. The van der Waals surface area contributed by atoms with Gasteiger partial charge in [-0.2, -0.15) is 0 Å². The zero-order valence-electron chi connectivity index (χ0n) is 6.87. The van der Waals surface area contributed by atoms with Crippen LogP contribution in [0.15, 0.2) is 16.6 Å². The predicted octanol–water partition coefficient (Wildman–Crippen LogP) is 1.38. The molecule has 0 saturated heterocycles. The second kappa shape index (κ2) is 3.93. The third kappa shape index (κ3) is 1.85. The molecule has 0 aliphatic carbocycles. The maximum Gasteiger partial charge on any atom is 0.325 e. The van der Waals surface area contributed by atoms with Crippen molar-refractivity contribution in [3.05, 3.63) is 28.0 Å². The lowest BCUT2D eigenvalue weighted by molar-refractivity contribution is -0.138. The Bertz CT molecular complexity index is 383. The van der Waals surface area contributed by atoms with Crippen LogP contribution in [0.2, 0.25) is 0 Å². The number of nitrogens with two attached hydrogens (primary N) is 1. The van der Waals surface area contributed by atoms with E-state index in [0.29, 0.717) is 0 Å². The lowest BCUT2D eigenvalue weighted by atomic mass is 10.1. The third-order valence-electron chi connectivity index (χ3n) is 1.69. The van der Waals surface area contributed by atoms with Crippen LogP contribution in [0.3, 0.4) is 0 Å². The van der Waals surface area contributed by atoms with Crippen molar-refractivity contribution < 1.29 is 19.4 Å². The predicted molar refractivity (Wildman–Crippen MR) is 50.3 cm³/mol. The summed E-state index contributed by atoms with van der Waals surface area (Å²) >= 11 is 2.77. The number of hydrogen-bond acceptors (Lipinski definition) is 3. The summed E-state index contributed by atoms with van der Waals surface area (Å²) in [7, 11) is 0. The van der Waals surface area contributed by atoms with Crippen molar-refractivity contribution in [2.45, 2.75) is 6.04 Å². The highest BCUT2D eigenvalue weighted by Crippen LogP contribution is 2.30. The minimum atomic E-state index is -1.44. The Morgan fingerprint density at radius 1 is 1.57 bits per heavy atom. The van der Waals surface area contributed by atoms with E-state index in [4.69, 9.17) is 15.9 Å². The minimum Gasteiger partial charge on any atom is -0.507 e. The number of phenols is 1. The first-order chi connectivity index (χ1) is 6.45. The zero-order chi connectivity index (χ0) is 10.9. The molecule has 6 heteroatoms. The standard InChI is InChI=1S/C8H7BrFNO3/c9-5-4(12)2-1-3(6(5)10)7(11)8(13)14/h1-2,7,12H,11H2,(H,13,14).